The molecule has 3 aromatic heterocycles. The molecule has 5 rings (SSSR count). The highest BCUT2D eigenvalue weighted by Crippen LogP contribution is 2.41. The van der Waals surface area contributed by atoms with Crippen molar-refractivity contribution in [3.8, 4) is 5.75 Å². The number of fused-ring (bicyclic) bond motifs is 3. The fourth-order valence-corrected chi connectivity index (χ4v) is 8.38. The Kier molecular flexibility index (Phi) is 9.62. The second-order valence-electron chi connectivity index (χ2n) is 11.1. The molecule has 0 radical (unpaired) electrons. The molecule has 13 nitrogen and oxygen atoms in total. The molecule has 45 heavy (non-hydrogen) atoms. The van der Waals surface area contributed by atoms with E-state index in [2.05, 4.69) is 14.4 Å². The molecule has 2 amide bonds. The summed E-state index contributed by atoms with van der Waals surface area (Å²) in [6, 6.07) is 3.34. The molecule has 0 aromatic carbocycles. The zero-order chi connectivity index (χ0) is 32.6. The average molecular weight is 682 g/mol. The normalized spacial score (nSPS) is 16.9. The van der Waals surface area contributed by atoms with Gasteiger partial charge in [0, 0.05) is 46.3 Å². The zero-order valence-corrected chi connectivity index (χ0v) is 28.2. The highest BCUT2D eigenvalue weighted by atomic mass is 32.2. The fourth-order valence-electron chi connectivity index (χ4n) is 5.58. The van der Waals surface area contributed by atoms with Crippen LogP contribution < -0.4 is 14.0 Å². The van der Waals surface area contributed by atoms with Gasteiger partial charge in [-0.05, 0) is 37.5 Å². The largest absolute Gasteiger partial charge is 0.482 e. The molecule has 0 fully saturated rings. The standard InChI is InChI=1S/C28H36FN7O6S3/c1-6-18-20(10-11-23(30-18)36(32-44(4)39)45(5,40)41)42-16-24(37)35-14-12-19-25(34-13-8-7-9-22(34)31-19)26(35)27-17(29)15-21(43-27)28(38)33(2)3/h10-11,15,26,32H,6-9,12-14,16H2,1-5H3. The van der Waals surface area contributed by atoms with E-state index in [4.69, 9.17) is 9.72 Å². The van der Waals surface area contributed by atoms with Crippen LogP contribution in [0.1, 0.15) is 63.3 Å². The number of nitrogens with zero attached hydrogens (tertiary/aromatic N) is 6. The molecule has 0 saturated carbocycles. The third kappa shape index (κ3) is 6.76. The Hall–Kier alpha value is -3.41. The number of carbonyl (C=O) groups excluding carboxylic acids is 2. The maximum absolute atomic E-state index is 15.7. The summed E-state index contributed by atoms with van der Waals surface area (Å²) >= 11 is 1.04. The molecule has 244 valence electrons. The van der Waals surface area contributed by atoms with E-state index in [9.17, 15) is 22.2 Å². The number of aryl methyl sites for hydroxylation is 2. The van der Waals surface area contributed by atoms with E-state index in [1.54, 1.807) is 25.9 Å². The minimum Gasteiger partial charge on any atom is -0.482 e. The molecule has 3 aromatic rings. The van der Waals surface area contributed by atoms with Gasteiger partial charge >= 0.3 is 0 Å². The number of thiophene rings is 1. The Morgan fingerprint density at radius 1 is 1.20 bits per heavy atom. The van der Waals surface area contributed by atoms with Crippen molar-refractivity contribution in [3.63, 3.8) is 0 Å². The zero-order valence-electron chi connectivity index (χ0n) is 25.7. The van der Waals surface area contributed by atoms with Crippen LogP contribution in [0.5, 0.6) is 5.75 Å². The van der Waals surface area contributed by atoms with Crippen molar-refractivity contribution in [3.05, 3.63) is 56.7 Å². The lowest BCUT2D eigenvalue weighted by Crippen LogP contribution is -2.44. The number of halogens is 1. The number of nitrogens with one attached hydrogen (secondary N) is 1. The molecule has 0 bridgehead atoms. The van der Waals surface area contributed by atoms with Crippen LogP contribution in [0, 0.1) is 5.82 Å². The topological polar surface area (TPSA) is 147 Å². The van der Waals surface area contributed by atoms with Crippen molar-refractivity contribution < 1.29 is 31.3 Å². The van der Waals surface area contributed by atoms with E-state index in [-0.39, 0.29) is 40.4 Å². The Morgan fingerprint density at radius 2 is 1.96 bits per heavy atom. The lowest BCUT2D eigenvalue weighted by molar-refractivity contribution is -0.135. The molecular formula is C28H36FN7O6S3. The Labute approximate surface area is 268 Å². The third-order valence-corrected chi connectivity index (χ3v) is 10.3. The Morgan fingerprint density at radius 3 is 2.62 bits per heavy atom. The first-order valence-corrected chi connectivity index (χ1v) is 18.6. The predicted octanol–water partition coefficient (Wildman–Crippen LogP) is 2.20. The van der Waals surface area contributed by atoms with Crippen molar-refractivity contribution in [1.29, 1.82) is 0 Å². The van der Waals surface area contributed by atoms with E-state index >= 15 is 4.39 Å². The average Bonchev–Trinajstić information content (AvgIpc) is 3.57. The number of aromatic nitrogens is 3. The predicted molar refractivity (Wildman–Crippen MR) is 168 cm³/mol. The number of hydrogen-bond acceptors (Lipinski definition) is 9. The van der Waals surface area contributed by atoms with Gasteiger partial charge in [0.2, 0.25) is 10.0 Å². The van der Waals surface area contributed by atoms with E-state index in [1.807, 2.05) is 0 Å². The van der Waals surface area contributed by atoms with Gasteiger partial charge in [-0.2, -0.15) is 4.41 Å². The van der Waals surface area contributed by atoms with Gasteiger partial charge < -0.3 is 19.1 Å². The van der Waals surface area contributed by atoms with E-state index in [0.717, 1.165) is 58.5 Å². The molecule has 0 aliphatic carbocycles. The SMILES string of the molecule is CCc1nc(N(NS(C)=O)S(C)(=O)=O)ccc1OCC(=O)N1CCc2nc3n(c2C1c1sc(C(=O)N(C)C)cc1F)CCCC3. The molecule has 2 unspecified atom stereocenters. The van der Waals surface area contributed by atoms with E-state index < -0.39 is 38.8 Å². The molecule has 5 heterocycles. The summed E-state index contributed by atoms with van der Waals surface area (Å²) in [5, 5.41) is 0. The molecule has 0 spiro atoms. The third-order valence-electron chi connectivity index (χ3n) is 7.61. The number of ether oxygens (including phenoxy) is 1. The van der Waals surface area contributed by atoms with E-state index in [0.29, 0.717) is 25.1 Å². The summed E-state index contributed by atoms with van der Waals surface area (Å²) in [5.41, 5.74) is 1.99. The van der Waals surface area contributed by atoms with Crippen molar-refractivity contribution in [1.82, 2.24) is 29.2 Å². The number of sulfonamides is 1. The van der Waals surface area contributed by atoms with Crippen LogP contribution in [0.4, 0.5) is 10.2 Å². The van der Waals surface area contributed by atoms with Crippen LogP contribution in [-0.2, 0) is 51.6 Å². The molecule has 17 heteroatoms. The number of carbonyl (C=O) groups is 2. The number of amides is 2. The summed E-state index contributed by atoms with van der Waals surface area (Å²) in [5.74, 6) is -0.0795. The van der Waals surface area contributed by atoms with Crippen LogP contribution in [-0.4, -0.2) is 88.5 Å². The first-order chi connectivity index (χ1) is 21.3. The van der Waals surface area contributed by atoms with Gasteiger partial charge in [0.05, 0.1) is 33.1 Å². The molecule has 2 aliphatic heterocycles. The van der Waals surface area contributed by atoms with Gasteiger partial charge in [0.25, 0.3) is 11.8 Å². The maximum Gasteiger partial charge on any atom is 0.263 e. The highest BCUT2D eigenvalue weighted by molar-refractivity contribution is 7.93. The maximum atomic E-state index is 15.7. The number of hydrogen-bond donors (Lipinski definition) is 1. The van der Waals surface area contributed by atoms with Crippen LogP contribution in [0.25, 0.3) is 0 Å². The summed E-state index contributed by atoms with van der Waals surface area (Å²) in [6.45, 7) is 2.41. The lowest BCUT2D eigenvalue weighted by atomic mass is 10.00. The van der Waals surface area contributed by atoms with Gasteiger partial charge in [0.15, 0.2) is 12.4 Å². The Bertz CT molecular complexity index is 1760. The van der Waals surface area contributed by atoms with Crippen LogP contribution in [0.2, 0.25) is 0 Å². The van der Waals surface area contributed by atoms with E-state index in [1.165, 1.54) is 29.4 Å². The van der Waals surface area contributed by atoms with Gasteiger partial charge in [0.1, 0.15) is 34.4 Å². The smallest absolute Gasteiger partial charge is 0.263 e. The first-order valence-electron chi connectivity index (χ1n) is 14.4. The lowest BCUT2D eigenvalue weighted by Gasteiger charge is -2.36. The molecule has 1 N–H and O–H groups in total. The molecule has 2 atom stereocenters. The van der Waals surface area contributed by atoms with Crippen LogP contribution in [0.3, 0.4) is 0 Å². The Balaban J connectivity index is 1.45. The van der Waals surface area contributed by atoms with Crippen molar-refractivity contribution in [2.45, 2.75) is 51.6 Å². The van der Waals surface area contributed by atoms with Gasteiger partial charge in [-0.3, -0.25) is 9.59 Å². The first kappa shape index (κ1) is 33.0. The number of anilines is 1. The van der Waals surface area contributed by atoms with Gasteiger partial charge in [-0.25, -0.2) is 27.0 Å². The quantitative estimate of drug-likeness (QED) is 0.321. The highest BCUT2D eigenvalue weighted by Gasteiger charge is 2.40. The minimum atomic E-state index is -3.86. The molecule has 2 aliphatic rings. The molecule has 0 saturated heterocycles. The minimum absolute atomic E-state index is 0.00592. The van der Waals surface area contributed by atoms with Gasteiger partial charge in [-0.1, -0.05) is 6.92 Å². The fraction of sp³-hybridized carbons (Fsp3) is 0.500. The van der Waals surface area contributed by atoms with Crippen molar-refractivity contribution >= 4 is 50.0 Å². The second-order valence-corrected chi connectivity index (χ2v) is 15.1. The van der Waals surface area contributed by atoms with Crippen molar-refractivity contribution in [2.24, 2.45) is 0 Å². The van der Waals surface area contributed by atoms with Crippen LogP contribution >= 0.6 is 11.3 Å². The van der Waals surface area contributed by atoms with Crippen molar-refractivity contribution in [2.75, 3.05) is 44.2 Å². The molecular weight excluding hydrogens is 646 g/mol. The number of hydrazine groups is 1. The summed E-state index contributed by atoms with van der Waals surface area (Å²) < 4.78 is 60.8. The summed E-state index contributed by atoms with van der Waals surface area (Å²) in [6.07, 6.45) is 5.85. The monoisotopic (exact) mass is 681 g/mol. The number of rotatable bonds is 10. The number of pyridine rings is 1. The van der Waals surface area contributed by atoms with Gasteiger partial charge in [-0.15, -0.1) is 16.2 Å². The number of imidazole rings is 1. The van der Waals surface area contributed by atoms with Crippen LogP contribution in [0.15, 0.2) is 18.2 Å². The second kappa shape index (κ2) is 13.1. The summed E-state index contributed by atoms with van der Waals surface area (Å²) in [7, 11) is -2.34. The summed E-state index contributed by atoms with van der Waals surface area (Å²) in [4.78, 5) is 41.7.